The van der Waals surface area contributed by atoms with Crippen LogP contribution in [-0.4, -0.2) is 49.3 Å². The van der Waals surface area contributed by atoms with Crippen LogP contribution >= 0.6 is 0 Å². The van der Waals surface area contributed by atoms with Crippen LogP contribution < -0.4 is 14.9 Å². The first-order valence-electron chi connectivity index (χ1n) is 8.49. The van der Waals surface area contributed by atoms with Crippen molar-refractivity contribution < 1.29 is 16.8 Å². The molecule has 0 aromatic heterocycles. The van der Waals surface area contributed by atoms with E-state index in [1.165, 1.54) is 17.7 Å². The molecule has 7 nitrogen and oxygen atoms in total. The van der Waals surface area contributed by atoms with Crippen LogP contribution in [-0.2, 0) is 19.9 Å². The predicted molar refractivity (Wildman–Crippen MR) is 107 cm³/mol. The summed E-state index contributed by atoms with van der Waals surface area (Å²) in [6.07, 6.45) is 1.07. The molecule has 2 aromatic rings. The van der Waals surface area contributed by atoms with Gasteiger partial charge in [-0.05, 0) is 42.8 Å². The highest BCUT2D eigenvalue weighted by atomic mass is 32.2. The Bertz CT molecular complexity index is 1060. The molecule has 2 N–H and O–H groups in total. The highest BCUT2D eigenvalue weighted by Crippen LogP contribution is 2.29. The molecular formula is C18H23N3O4S2. The number of anilines is 2. The van der Waals surface area contributed by atoms with E-state index in [1.54, 1.807) is 0 Å². The van der Waals surface area contributed by atoms with Gasteiger partial charge in [-0.3, -0.25) is 0 Å². The van der Waals surface area contributed by atoms with E-state index < -0.39 is 19.9 Å². The number of sulfonamides is 1. The van der Waals surface area contributed by atoms with E-state index in [0.717, 1.165) is 31.1 Å². The van der Waals surface area contributed by atoms with E-state index in [9.17, 15) is 16.8 Å². The average molecular weight is 410 g/mol. The standard InChI is InChI=1S/C18H23N3O4S2/c1-14-4-3-5-15(12-14)20-8-10-21(11-9-20)17-7-6-16(27(19,24)25)13-18(17)26(2,22)23/h3-7,12-13H,8-11H2,1-2H3,(H2,19,24,25). The van der Waals surface area contributed by atoms with Gasteiger partial charge in [-0.15, -0.1) is 0 Å². The fourth-order valence-electron chi connectivity index (χ4n) is 3.26. The smallest absolute Gasteiger partial charge is 0.238 e. The summed E-state index contributed by atoms with van der Waals surface area (Å²) in [7, 11) is -7.59. The predicted octanol–water partition coefficient (Wildman–Crippen LogP) is 1.37. The van der Waals surface area contributed by atoms with E-state index in [4.69, 9.17) is 5.14 Å². The molecule has 9 heteroatoms. The maximum absolute atomic E-state index is 12.2. The highest BCUT2D eigenvalue weighted by molar-refractivity contribution is 7.91. The minimum atomic E-state index is -3.97. The summed E-state index contributed by atoms with van der Waals surface area (Å²) < 4.78 is 47.6. The van der Waals surface area contributed by atoms with Gasteiger partial charge in [-0.1, -0.05) is 12.1 Å². The zero-order valence-corrected chi connectivity index (χ0v) is 16.9. The summed E-state index contributed by atoms with van der Waals surface area (Å²) in [5.41, 5.74) is 2.84. The lowest BCUT2D eigenvalue weighted by Gasteiger charge is -2.38. The lowest BCUT2D eigenvalue weighted by molar-refractivity contribution is 0.596. The van der Waals surface area contributed by atoms with Gasteiger partial charge in [-0.25, -0.2) is 22.0 Å². The van der Waals surface area contributed by atoms with E-state index in [2.05, 4.69) is 17.0 Å². The van der Waals surface area contributed by atoms with E-state index >= 15 is 0 Å². The van der Waals surface area contributed by atoms with Gasteiger partial charge in [0.25, 0.3) is 0 Å². The summed E-state index contributed by atoms with van der Waals surface area (Å²) in [6.45, 7) is 4.79. The van der Waals surface area contributed by atoms with Gasteiger partial charge in [0.2, 0.25) is 10.0 Å². The van der Waals surface area contributed by atoms with E-state index in [0.29, 0.717) is 18.8 Å². The van der Waals surface area contributed by atoms with Crippen molar-refractivity contribution in [3.05, 3.63) is 48.0 Å². The second-order valence-electron chi connectivity index (χ2n) is 6.76. The van der Waals surface area contributed by atoms with Crippen LogP contribution in [0.5, 0.6) is 0 Å². The molecule has 3 rings (SSSR count). The molecule has 1 aliphatic heterocycles. The Balaban J connectivity index is 1.87. The molecule has 1 saturated heterocycles. The molecule has 0 atom stereocenters. The number of hydrogen-bond donors (Lipinski definition) is 1. The number of sulfone groups is 1. The fraction of sp³-hybridized carbons (Fsp3) is 0.333. The Kier molecular flexibility index (Phi) is 5.20. The SMILES string of the molecule is Cc1cccc(N2CCN(c3ccc(S(N)(=O)=O)cc3S(C)(=O)=O)CC2)c1. The monoisotopic (exact) mass is 409 g/mol. The van der Waals surface area contributed by atoms with Crippen LogP contribution in [0.15, 0.2) is 52.3 Å². The van der Waals surface area contributed by atoms with Gasteiger partial charge in [-0.2, -0.15) is 0 Å². The molecule has 0 aliphatic carbocycles. The third-order valence-corrected chi connectivity index (χ3v) is 6.68. The van der Waals surface area contributed by atoms with Gasteiger partial charge < -0.3 is 9.80 Å². The number of rotatable bonds is 4. The zero-order valence-electron chi connectivity index (χ0n) is 15.3. The maximum atomic E-state index is 12.2. The number of aryl methyl sites for hydroxylation is 1. The molecule has 27 heavy (non-hydrogen) atoms. The van der Waals surface area contributed by atoms with Crippen molar-refractivity contribution in [1.29, 1.82) is 0 Å². The molecular weight excluding hydrogens is 386 g/mol. The van der Waals surface area contributed by atoms with Crippen LogP contribution in [0.4, 0.5) is 11.4 Å². The van der Waals surface area contributed by atoms with Crippen molar-refractivity contribution in [2.24, 2.45) is 5.14 Å². The quantitative estimate of drug-likeness (QED) is 0.819. The lowest BCUT2D eigenvalue weighted by Crippen LogP contribution is -2.47. The molecule has 1 heterocycles. The summed E-state index contributed by atoms with van der Waals surface area (Å²) in [5.74, 6) is 0. The number of piperazine rings is 1. The van der Waals surface area contributed by atoms with Crippen molar-refractivity contribution in [2.45, 2.75) is 16.7 Å². The van der Waals surface area contributed by atoms with Crippen LogP contribution in [0.2, 0.25) is 0 Å². The molecule has 146 valence electrons. The van der Waals surface area contributed by atoms with Gasteiger partial charge >= 0.3 is 0 Å². The van der Waals surface area contributed by atoms with Gasteiger partial charge in [0, 0.05) is 38.1 Å². The van der Waals surface area contributed by atoms with Crippen molar-refractivity contribution in [3.63, 3.8) is 0 Å². The first-order valence-corrected chi connectivity index (χ1v) is 11.9. The third kappa shape index (κ3) is 4.42. The molecule has 0 radical (unpaired) electrons. The molecule has 0 saturated carbocycles. The normalized spacial score (nSPS) is 15.8. The average Bonchev–Trinajstić information content (AvgIpc) is 2.60. The maximum Gasteiger partial charge on any atom is 0.238 e. The second-order valence-corrected chi connectivity index (χ2v) is 10.3. The number of hydrogen-bond acceptors (Lipinski definition) is 6. The molecule has 0 bridgehead atoms. The molecule has 0 spiro atoms. The highest BCUT2D eigenvalue weighted by Gasteiger charge is 2.24. The van der Waals surface area contributed by atoms with E-state index in [1.807, 2.05) is 24.0 Å². The largest absolute Gasteiger partial charge is 0.368 e. The Morgan fingerprint density at radius 2 is 1.52 bits per heavy atom. The summed E-state index contributed by atoms with van der Waals surface area (Å²) in [5, 5.41) is 5.15. The third-order valence-electron chi connectivity index (χ3n) is 4.65. The molecule has 0 unspecified atom stereocenters. The Labute approximate surface area is 160 Å². The fourth-order valence-corrected chi connectivity index (χ4v) is 4.79. The van der Waals surface area contributed by atoms with Gasteiger partial charge in [0.15, 0.2) is 9.84 Å². The Morgan fingerprint density at radius 3 is 2.07 bits per heavy atom. The molecule has 2 aromatic carbocycles. The number of nitrogens with two attached hydrogens (primary N) is 1. The first kappa shape index (κ1) is 19.7. The van der Waals surface area contributed by atoms with Crippen LogP contribution in [0, 0.1) is 6.92 Å². The van der Waals surface area contributed by atoms with E-state index in [-0.39, 0.29) is 9.79 Å². The molecule has 1 aliphatic rings. The zero-order chi connectivity index (χ0) is 19.8. The summed E-state index contributed by atoms with van der Waals surface area (Å²) in [4.78, 5) is 4.00. The minimum absolute atomic E-state index is 0.0157. The molecule has 0 amide bonds. The Hall–Kier alpha value is -2.10. The van der Waals surface area contributed by atoms with Gasteiger partial charge in [0.1, 0.15) is 0 Å². The lowest BCUT2D eigenvalue weighted by atomic mass is 10.2. The van der Waals surface area contributed by atoms with Crippen molar-refractivity contribution in [3.8, 4) is 0 Å². The van der Waals surface area contributed by atoms with Crippen molar-refractivity contribution >= 4 is 31.2 Å². The summed E-state index contributed by atoms with van der Waals surface area (Å²) >= 11 is 0. The number of nitrogens with zero attached hydrogens (tertiary/aromatic N) is 2. The van der Waals surface area contributed by atoms with Crippen LogP contribution in [0.3, 0.4) is 0 Å². The Morgan fingerprint density at radius 1 is 0.889 bits per heavy atom. The number of benzene rings is 2. The van der Waals surface area contributed by atoms with Crippen LogP contribution in [0.1, 0.15) is 5.56 Å². The van der Waals surface area contributed by atoms with Crippen LogP contribution in [0.25, 0.3) is 0 Å². The minimum Gasteiger partial charge on any atom is -0.368 e. The molecule has 1 fully saturated rings. The van der Waals surface area contributed by atoms with Crippen molar-refractivity contribution in [1.82, 2.24) is 0 Å². The summed E-state index contributed by atoms with van der Waals surface area (Å²) in [6, 6.07) is 12.3. The first-order chi connectivity index (χ1) is 12.6. The topological polar surface area (TPSA) is 101 Å². The number of primary sulfonamides is 1. The van der Waals surface area contributed by atoms with Crippen molar-refractivity contribution in [2.75, 3.05) is 42.2 Å². The van der Waals surface area contributed by atoms with Gasteiger partial charge in [0.05, 0.1) is 15.5 Å². The second kappa shape index (κ2) is 7.14.